The highest BCUT2D eigenvalue weighted by Crippen LogP contribution is 2.28. The highest BCUT2D eigenvalue weighted by atomic mass is 32.2. The van der Waals surface area contributed by atoms with Crippen LogP contribution in [0.15, 0.2) is 30.3 Å². The molecule has 1 fully saturated rings. The van der Waals surface area contributed by atoms with E-state index in [4.69, 9.17) is 0 Å². The summed E-state index contributed by atoms with van der Waals surface area (Å²) in [5.74, 6) is 0. The van der Waals surface area contributed by atoms with Crippen molar-refractivity contribution in [2.45, 2.75) is 24.5 Å². The lowest BCUT2D eigenvalue weighted by Gasteiger charge is -2.14. The van der Waals surface area contributed by atoms with Gasteiger partial charge in [0.15, 0.2) is 0 Å². The predicted octanol–water partition coefficient (Wildman–Crippen LogP) is 1.83. The van der Waals surface area contributed by atoms with Gasteiger partial charge in [-0.15, -0.1) is 0 Å². The lowest BCUT2D eigenvalue weighted by molar-refractivity contribution is 0.571. The number of benzene rings is 1. The Morgan fingerprint density at radius 2 is 1.87 bits per heavy atom. The van der Waals surface area contributed by atoms with Crippen LogP contribution < -0.4 is 4.72 Å². The maximum absolute atomic E-state index is 11.9. The van der Waals surface area contributed by atoms with Gasteiger partial charge in [0, 0.05) is 6.54 Å². The van der Waals surface area contributed by atoms with Gasteiger partial charge >= 0.3 is 0 Å². The highest BCUT2D eigenvalue weighted by Gasteiger charge is 2.28. The molecule has 1 aliphatic rings. The second kappa shape index (κ2) is 4.33. The number of rotatable bonds is 1. The first-order valence-electron chi connectivity index (χ1n) is 5.23. The Hall–Kier alpha value is -0.870. The molecule has 3 nitrogen and oxygen atoms in total. The van der Waals surface area contributed by atoms with Crippen LogP contribution in [0.2, 0.25) is 0 Å². The third-order valence-electron chi connectivity index (χ3n) is 2.74. The summed E-state index contributed by atoms with van der Waals surface area (Å²) in [6, 6.07) is 9.44. The summed E-state index contributed by atoms with van der Waals surface area (Å²) >= 11 is 0. The first kappa shape index (κ1) is 10.6. The molecule has 1 saturated heterocycles. The van der Waals surface area contributed by atoms with Crippen molar-refractivity contribution in [1.82, 2.24) is 4.72 Å². The lowest BCUT2D eigenvalue weighted by Crippen LogP contribution is -2.27. The number of sulfonamides is 1. The van der Waals surface area contributed by atoms with Gasteiger partial charge in [0.2, 0.25) is 10.0 Å². The molecule has 1 N–H and O–H groups in total. The van der Waals surface area contributed by atoms with Crippen LogP contribution in [0.4, 0.5) is 0 Å². The van der Waals surface area contributed by atoms with Crippen LogP contribution in [0.1, 0.15) is 30.1 Å². The van der Waals surface area contributed by atoms with Crippen molar-refractivity contribution in [3.05, 3.63) is 35.9 Å². The maximum Gasteiger partial charge on any atom is 0.218 e. The normalized spacial score (nSPS) is 25.7. The highest BCUT2D eigenvalue weighted by molar-refractivity contribution is 7.89. The summed E-state index contributed by atoms with van der Waals surface area (Å²) in [7, 11) is -3.16. The van der Waals surface area contributed by atoms with E-state index in [1.54, 1.807) is 0 Å². The summed E-state index contributed by atoms with van der Waals surface area (Å²) in [4.78, 5) is 0. The van der Waals surface area contributed by atoms with Crippen molar-refractivity contribution in [3.63, 3.8) is 0 Å². The van der Waals surface area contributed by atoms with Gasteiger partial charge in [0.1, 0.15) is 5.25 Å². The molecule has 82 valence electrons. The molecule has 0 bridgehead atoms. The van der Waals surface area contributed by atoms with Gasteiger partial charge in [0.05, 0.1) is 0 Å². The topological polar surface area (TPSA) is 46.2 Å². The Kier molecular flexibility index (Phi) is 3.07. The molecule has 1 aliphatic heterocycles. The molecule has 2 rings (SSSR count). The van der Waals surface area contributed by atoms with Crippen LogP contribution in [0, 0.1) is 0 Å². The molecule has 4 heteroatoms. The Balaban J connectivity index is 2.34. The molecule has 1 atom stereocenters. The number of hydrogen-bond donors (Lipinski definition) is 1. The van der Waals surface area contributed by atoms with E-state index in [2.05, 4.69) is 4.72 Å². The smallest absolute Gasteiger partial charge is 0.215 e. The molecule has 0 aliphatic carbocycles. The predicted molar refractivity (Wildman–Crippen MR) is 60.0 cm³/mol. The molecule has 0 unspecified atom stereocenters. The van der Waals surface area contributed by atoms with E-state index in [9.17, 15) is 8.42 Å². The summed E-state index contributed by atoms with van der Waals surface area (Å²) < 4.78 is 26.4. The summed E-state index contributed by atoms with van der Waals surface area (Å²) in [5.41, 5.74) is 0.895. The molecule has 0 aromatic heterocycles. The molecule has 1 heterocycles. The minimum atomic E-state index is -3.16. The first-order chi connectivity index (χ1) is 7.20. The third kappa shape index (κ3) is 2.38. The average molecular weight is 225 g/mol. The standard InChI is InChI=1S/C11H15NO2S/c13-15(14)11(8-4-5-9-12-15)10-6-2-1-3-7-10/h1-3,6-7,11-12H,4-5,8-9H2/t11-/m0/s1. The van der Waals surface area contributed by atoms with Gasteiger partial charge in [-0.3, -0.25) is 0 Å². The van der Waals surface area contributed by atoms with E-state index in [-0.39, 0.29) is 5.25 Å². The van der Waals surface area contributed by atoms with Gasteiger partial charge in [-0.1, -0.05) is 36.8 Å². The summed E-state index contributed by atoms with van der Waals surface area (Å²) in [6.45, 7) is 0.575. The van der Waals surface area contributed by atoms with Gasteiger partial charge < -0.3 is 0 Å². The molecule has 1 aromatic carbocycles. The number of nitrogens with one attached hydrogen (secondary N) is 1. The van der Waals surface area contributed by atoms with E-state index in [1.807, 2.05) is 30.3 Å². The number of hydrogen-bond acceptors (Lipinski definition) is 2. The molecule has 0 radical (unpaired) electrons. The second-order valence-corrected chi connectivity index (χ2v) is 5.78. The minimum Gasteiger partial charge on any atom is -0.215 e. The van der Waals surface area contributed by atoms with Crippen molar-refractivity contribution >= 4 is 10.0 Å². The molecule has 0 spiro atoms. The fourth-order valence-corrected chi connectivity index (χ4v) is 3.56. The Morgan fingerprint density at radius 3 is 2.60 bits per heavy atom. The van der Waals surface area contributed by atoms with Crippen molar-refractivity contribution in [2.24, 2.45) is 0 Å². The fourth-order valence-electron chi connectivity index (χ4n) is 1.94. The average Bonchev–Trinajstić information content (AvgIpc) is 2.40. The zero-order valence-corrected chi connectivity index (χ0v) is 9.33. The SMILES string of the molecule is O=S1(=O)NCCCC[C@H]1c1ccccc1. The molecular formula is C11H15NO2S. The van der Waals surface area contributed by atoms with Gasteiger partial charge in [-0.05, 0) is 18.4 Å². The largest absolute Gasteiger partial charge is 0.218 e. The molecular weight excluding hydrogens is 210 g/mol. The van der Waals surface area contributed by atoms with Crippen molar-refractivity contribution in [1.29, 1.82) is 0 Å². The van der Waals surface area contributed by atoms with Gasteiger partial charge in [-0.2, -0.15) is 0 Å². The Morgan fingerprint density at radius 1 is 1.13 bits per heavy atom. The van der Waals surface area contributed by atoms with Crippen LogP contribution in [0.25, 0.3) is 0 Å². The van der Waals surface area contributed by atoms with E-state index >= 15 is 0 Å². The van der Waals surface area contributed by atoms with Crippen LogP contribution in [0.3, 0.4) is 0 Å². The van der Waals surface area contributed by atoms with Crippen LogP contribution in [0.5, 0.6) is 0 Å². The van der Waals surface area contributed by atoms with E-state index < -0.39 is 10.0 Å². The summed E-state index contributed by atoms with van der Waals surface area (Å²) in [6.07, 6.45) is 2.62. The zero-order valence-electron chi connectivity index (χ0n) is 8.52. The second-order valence-electron chi connectivity index (χ2n) is 3.83. The van der Waals surface area contributed by atoms with Crippen molar-refractivity contribution < 1.29 is 8.42 Å². The first-order valence-corrected chi connectivity index (χ1v) is 6.78. The molecule has 1 aromatic rings. The molecule has 15 heavy (non-hydrogen) atoms. The zero-order chi connectivity index (χ0) is 10.7. The van der Waals surface area contributed by atoms with Crippen molar-refractivity contribution in [2.75, 3.05) is 6.54 Å². The van der Waals surface area contributed by atoms with Gasteiger partial charge in [0.25, 0.3) is 0 Å². The Bertz CT molecular complexity index is 413. The van der Waals surface area contributed by atoms with E-state index in [0.29, 0.717) is 6.54 Å². The van der Waals surface area contributed by atoms with Crippen molar-refractivity contribution in [3.8, 4) is 0 Å². The monoisotopic (exact) mass is 225 g/mol. The van der Waals surface area contributed by atoms with E-state index in [1.165, 1.54) is 0 Å². The molecule has 0 amide bonds. The lowest BCUT2D eigenvalue weighted by atomic mass is 10.1. The van der Waals surface area contributed by atoms with E-state index in [0.717, 1.165) is 24.8 Å². The van der Waals surface area contributed by atoms with Crippen LogP contribution in [-0.2, 0) is 10.0 Å². The molecule has 0 saturated carbocycles. The van der Waals surface area contributed by atoms with Gasteiger partial charge in [-0.25, -0.2) is 13.1 Å². The Labute approximate surface area is 90.6 Å². The maximum atomic E-state index is 11.9. The third-order valence-corrected chi connectivity index (χ3v) is 4.61. The van der Waals surface area contributed by atoms with Crippen LogP contribution >= 0.6 is 0 Å². The summed E-state index contributed by atoms with van der Waals surface area (Å²) in [5, 5.41) is -0.374. The fraction of sp³-hybridized carbons (Fsp3) is 0.455. The quantitative estimate of drug-likeness (QED) is 0.792. The van der Waals surface area contributed by atoms with Crippen LogP contribution in [-0.4, -0.2) is 15.0 Å². The minimum absolute atomic E-state index is 0.374.